The Morgan fingerprint density at radius 3 is 2.45 bits per heavy atom. The Morgan fingerprint density at radius 1 is 1.00 bits per heavy atom. The molecule has 0 unspecified atom stereocenters. The van der Waals surface area contributed by atoms with E-state index in [-0.39, 0.29) is 18.4 Å². The number of hydrogen-bond acceptors (Lipinski definition) is 7. The van der Waals surface area contributed by atoms with Crippen molar-refractivity contribution in [1.82, 2.24) is 24.9 Å². The van der Waals surface area contributed by atoms with Crippen molar-refractivity contribution in [3.05, 3.63) is 66.2 Å². The normalized spacial score (nSPS) is 11.8. The summed E-state index contributed by atoms with van der Waals surface area (Å²) in [5.74, 6) is 2.33. The first-order valence-electron chi connectivity index (χ1n) is 10.4. The zero-order valence-electron chi connectivity index (χ0n) is 18.9. The van der Waals surface area contributed by atoms with Crippen LogP contribution in [0.3, 0.4) is 0 Å². The van der Waals surface area contributed by atoms with Crippen LogP contribution < -0.4 is 19.5 Å². The first kappa shape index (κ1) is 22.1. The molecule has 0 saturated heterocycles. The summed E-state index contributed by atoms with van der Waals surface area (Å²) >= 11 is 0. The zero-order chi connectivity index (χ0) is 23.4. The van der Waals surface area contributed by atoms with Crippen LogP contribution in [0.5, 0.6) is 17.2 Å². The lowest BCUT2D eigenvalue weighted by molar-refractivity contribution is -0.121. The van der Waals surface area contributed by atoms with Crippen LogP contribution in [0, 0.1) is 0 Å². The number of rotatable bonds is 8. The lowest BCUT2D eigenvalue weighted by Gasteiger charge is -2.12. The Labute approximate surface area is 191 Å². The maximum atomic E-state index is 12.6. The number of carbonyl (C=O) groups is 1. The van der Waals surface area contributed by atoms with Crippen molar-refractivity contribution in [3.8, 4) is 28.5 Å². The lowest BCUT2D eigenvalue weighted by Crippen LogP contribution is -2.28. The molecular weight excluding hydrogens is 422 g/mol. The van der Waals surface area contributed by atoms with E-state index >= 15 is 0 Å². The molecule has 0 bridgehead atoms. The van der Waals surface area contributed by atoms with Gasteiger partial charge in [-0.05, 0) is 48.9 Å². The molecule has 1 amide bonds. The molecule has 1 atom stereocenters. The molecule has 170 valence electrons. The monoisotopic (exact) mass is 447 g/mol. The van der Waals surface area contributed by atoms with E-state index in [1.807, 2.05) is 43.3 Å². The summed E-state index contributed by atoms with van der Waals surface area (Å²) in [7, 11) is 4.77. The third-order valence-corrected chi connectivity index (χ3v) is 5.21. The SMILES string of the molecule is COc1ccc(-c2cc3nc([C@H](C)NC(=O)Cc4ccc(OC)c(OC)c4)nn3cn2)cc1. The molecule has 4 rings (SSSR count). The minimum Gasteiger partial charge on any atom is -0.497 e. The van der Waals surface area contributed by atoms with Crippen LogP contribution in [0.1, 0.15) is 24.4 Å². The van der Waals surface area contributed by atoms with Gasteiger partial charge in [0.25, 0.3) is 0 Å². The highest BCUT2D eigenvalue weighted by atomic mass is 16.5. The van der Waals surface area contributed by atoms with E-state index in [0.717, 1.165) is 22.6 Å². The highest BCUT2D eigenvalue weighted by Crippen LogP contribution is 2.28. The Bertz CT molecular complexity index is 1270. The first-order chi connectivity index (χ1) is 16.0. The number of aromatic nitrogens is 4. The molecule has 2 heterocycles. The molecule has 2 aromatic heterocycles. The van der Waals surface area contributed by atoms with E-state index in [2.05, 4.69) is 20.4 Å². The molecular formula is C24H25N5O4. The summed E-state index contributed by atoms with van der Waals surface area (Å²) in [6, 6.07) is 14.5. The minimum atomic E-state index is -0.373. The van der Waals surface area contributed by atoms with Gasteiger partial charge in [-0.1, -0.05) is 6.07 Å². The summed E-state index contributed by atoms with van der Waals surface area (Å²) < 4.78 is 17.3. The predicted molar refractivity (Wildman–Crippen MR) is 123 cm³/mol. The number of hydrogen-bond donors (Lipinski definition) is 1. The van der Waals surface area contributed by atoms with Crippen LogP contribution >= 0.6 is 0 Å². The fourth-order valence-electron chi connectivity index (χ4n) is 3.45. The highest BCUT2D eigenvalue weighted by molar-refractivity contribution is 5.79. The summed E-state index contributed by atoms with van der Waals surface area (Å²) in [6.45, 7) is 1.85. The maximum absolute atomic E-state index is 12.6. The van der Waals surface area contributed by atoms with Gasteiger partial charge in [0.05, 0.1) is 39.5 Å². The van der Waals surface area contributed by atoms with Gasteiger partial charge in [0, 0.05) is 11.6 Å². The van der Waals surface area contributed by atoms with E-state index in [1.54, 1.807) is 44.3 Å². The van der Waals surface area contributed by atoms with Crippen molar-refractivity contribution in [1.29, 1.82) is 0 Å². The van der Waals surface area contributed by atoms with E-state index in [9.17, 15) is 4.79 Å². The zero-order valence-corrected chi connectivity index (χ0v) is 18.9. The molecule has 0 aliphatic heterocycles. The average molecular weight is 447 g/mol. The highest BCUT2D eigenvalue weighted by Gasteiger charge is 2.16. The van der Waals surface area contributed by atoms with Crippen LogP contribution in [-0.2, 0) is 11.2 Å². The predicted octanol–water partition coefficient (Wildman–Crippen LogP) is 3.24. The largest absolute Gasteiger partial charge is 0.497 e. The Kier molecular flexibility index (Phi) is 6.39. The molecule has 4 aromatic rings. The van der Waals surface area contributed by atoms with Crippen molar-refractivity contribution in [2.24, 2.45) is 0 Å². The van der Waals surface area contributed by atoms with Crippen molar-refractivity contribution in [2.75, 3.05) is 21.3 Å². The molecule has 0 spiro atoms. The summed E-state index contributed by atoms with van der Waals surface area (Å²) in [5.41, 5.74) is 3.17. The van der Waals surface area contributed by atoms with Crippen molar-refractivity contribution >= 4 is 11.6 Å². The van der Waals surface area contributed by atoms with Gasteiger partial charge < -0.3 is 19.5 Å². The van der Waals surface area contributed by atoms with E-state index in [0.29, 0.717) is 23.0 Å². The molecule has 0 aliphatic rings. The van der Waals surface area contributed by atoms with Gasteiger partial charge in [0.1, 0.15) is 12.1 Å². The molecule has 0 saturated carbocycles. The number of nitrogens with zero attached hydrogens (tertiary/aromatic N) is 4. The standard InChI is InChI=1S/C24H25N5O4/c1-15(26-23(30)12-16-5-10-20(32-3)21(11-16)33-4)24-27-22-13-19(25-14-29(22)28-24)17-6-8-18(31-2)9-7-17/h5-11,13-15H,12H2,1-4H3,(H,26,30)/t15-/m0/s1. The third kappa shape index (κ3) is 4.87. The smallest absolute Gasteiger partial charge is 0.225 e. The number of amides is 1. The van der Waals surface area contributed by atoms with Gasteiger partial charge in [-0.15, -0.1) is 5.10 Å². The first-order valence-corrected chi connectivity index (χ1v) is 10.4. The topological polar surface area (TPSA) is 99.9 Å². The number of nitrogens with one attached hydrogen (secondary N) is 1. The second-order valence-corrected chi connectivity index (χ2v) is 7.43. The van der Waals surface area contributed by atoms with E-state index in [4.69, 9.17) is 14.2 Å². The van der Waals surface area contributed by atoms with Crippen LogP contribution in [0.4, 0.5) is 0 Å². The van der Waals surface area contributed by atoms with Crippen molar-refractivity contribution < 1.29 is 19.0 Å². The molecule has 33 heavy (non-hydrogen) atoms. The number of carbonyl (C=O) groups excluding carboxylic acids is 1. The Hall–Kier alpha value is -4.14. The van der Waals surface area contributed by atoms with Gasteiger partial charge in [-0.3, -0.25) is 4.79 Å². The van der Waals surface area contributed by atoms with Crippen LogP contribution in [0.25, 0.3) is 16.9 Å². The number of fused-ring (bicyclic) bond motifs is 1. The Morgan fingerprint density at radius 2 is 1.76 bits per heavy atom. The van der Waals surface area contributed by atoms with Crippen LogP contribution in [0.2, 0.25) is 0 Å². The average Bonchev–Trinajstić information content (AvgIpc) is 3.27. The van der Waals surface area contributed by atoms with E-state index in [1.165, 1.54) is 0 Å². The van der Waals surface area contributed by atoms with Crippen molar-refractivity contribution in [3.63, 3.8) is 0 Å². The van der Waals surface area contributed by atoms with Crippen LogP contribution in [0.15, 0.2) is 54.9 Å². The lowest BCUT2D eigenvalue weighted by atomic mass is 10.1. The van der Waals surface area contributed by atoms with Gasteiger partial charge >= 0.3 is 0 Å². The van der Waals surface area contributed by atoms with Gasteiger partial charge in [0.2, 0.25) is 5.91 Å². The van der Waals surface area contributed by atoms with Crippen LogP contribution in [-0.4, -0.2) is 46.8 Å². The van der Waals surface area contributed by atoms with E-state index < -0.39 is 0 Å². The molecule has 2 aromatic carbocycles. The molecule has 0 aliphatic carbocycles. The fraction of sp³-hybridized carbons (Fsp3) is 0.250. The molecule has 9 heteroatoms. The second-order valence-electron chi connectivity index (χ2n) is 7.43. The molecule has 0 fully saturated rings. The Balaban J connectivity index is 1.46. The van der Waals surface area contributed by atoms with Gasteiger partial charge in [0.15, 0.2) is 23.0 Å². The summed E-state index contributed by atoms with van der Waals surface area (Å²) in [5, 5.41) is 7.40. The van der Waals surface area contributed by atoms with Crippen molar-refractivity contribution in [2.45, 2.75) is 19.4 Å². The van der Waals surface area contributed by atoms with Gasteiger partial charge in [-0.25, -0.2) is 14.5 Å². The second kappa shape index (κ2) is 9.56. The summed E-state index contributed by atoms with van der Waals surface area (Å²) in [4.78, 5) is 21.6. The molecule has 9 nitrogen and oxygen atoms in total. The number of benzene rings is 2. The van der Waals surface area contributed by atoms with Gasteiger partial charge in [-0.2, -0.15) is 0 Å². The fourth-order valence-corrected chi connectivity index (χ4v) is 3.45. The summed E-state index contributed by atoms with van der Waals surface area (Å²) in [6.07, 6.45) is 1.81. The number of ether oxygens (including phenoxy) is 3. The number of methoxy groups -OCH3 is 3. The third-order valence-electron chi connectivity index (χ3n) is 5.21. The minimum absolute atomic E-state index is 0.148. The molecule has 0 radical (unpaired) electrons. The quantitative estimate of drug-likeness (QED) is 0.443. The maximum Gasteiger partial charge on any atom is 0.225 e. The molecule has 1 N–H and O–H groups in total.